The average Bonchev–Trinajstić information content (AvgIpc) is 2.24. The minimum Gasteiger partial charge on any atom is -0.175 e. The molecule has 0 aromatic carbocycles. The number of thiol groups is 1. The zero-order valence-corrected chi connectivity index (χ0v) is 12.1. The van der Waals surface area contributed by atoms with Gasteiger partial charge in [0.2, 0.25) is 0 Å². The third kappa shape index (κ3) is 6.95. The second-order valence-electron chi connectivity index (χ2n) is 4.28. The van der Waals surface area contributed by atoms with Crippen molar-refractivity contribution in [2.24, 2.45) is 5.92 Å². The van der Waals surface area contributed by atoms with Crippen molar-refractivity contribution in [1.82, 2.24) is 0 Å². The fourth-order valence-corrected chi connectivity index (χ4v) is 2.21. The minimum absolute atomic E-state index is 0.659. The third-order valence-electron chi connectivity index (χ3n) is 2.86. The molecule has 1 atom stereocenters. The summed E-state index contributed by atoms with van der Waals surface area (Å²) >= 11 is 4.23. The number of rotatable bonds is 7. The SMILES string of the molecule is C/C=C\C/C=C(\CC)C(C)C/C(C)=C\CS. The molecule has 0 bridgehead atoms. The van der Waals surface area contributed by atoms with Gasteiger partial charge >= 0.3 is 0 Å². The van der Waals surface area contributed by atoms with Crippen LogP contribution in [-0.2, 0) is 0 Å². The van der Waals surface area contributed by atoms with Gasteiger partial charge in [0.05, 0.1) is 0 Å². The monoisotopic (exact) mass is 238 g/mol. The van der Waals surface area contributed by atoms with Crippen molar-refractivity contribution in [2.45, 2.75) is 47.0 Å². The smallest absolute Gasteiger partial charge is 0.00850 e. The van der Waals surface area contributed by atoms with E-state index in [4.69, 9.17) is 0 Å². The van der Waals surface area contributed by atoms with E-state index in [-0.39, 0.29) is 0 Å². The molecule has 1 unspecified atom stereocenters. The predicted octanol–water partition coefficient (Wildman–Crippen LogP) is 5.19. The van der Waals surface area contributed by atoms with Gasteiger partial charge < -0.3 is 0 Å². The molecule has 0 aromatic heterocycles. The van der Waals surface area contributed by atoms with E-state index in [0.717, 1.165) is 25.0 Å². The van der Waals surface area contributed by atoms with Gasteiger partial charge in [0.15, 0.2) is 0 Å². The van der Waals surface area contributed by atoms with Crippen LogP contribution >= 0.6 is 12.6 Å². The summed E-state index contributed by atoms with van der Waals surface area (Å²) in [5.41, 5.74) is 3.03. The molecule has 0 aliphatic rings. The summed E-state index contributed by atoms with van der Waals surface area (Å²) in [5, 5.41) is 0. The Morgan fingerprint density at radius 2 is 2.00 bits per heavy atom. The molecule has 92 valence electrons. The van der Waals surface area contributed by atoms with Gasteiger partial charge in [-0.2, -0.15) is 12.6 Å². The molecular weight excluding hydrogens is 212 g/mol. The first-order chi connectivity index (χ1) is 7.65. The van der Waals surface area contributed by atoms with Gasteiger partial charge in [0, 0.05) is 5.75 Å². The molecule has 0 aliphatic heterocycles. The Labute approximate surface area is 107 Å². The second kappa shape index (κ2) is 9.77. The lowest BCUT2D eigenvalue weighted by atomic mass is 9.91. The van der Waals surface area contributed by atoms with Crippen molar-refractivity contribution in [2.75, 3.05) is 5.75 Å². The fraction of sp³-hybridized carbons (Fsp3) is 0.600. The van der Waals surface area contributed by atoms with Crippen molar-refractivity contribution in [3.8, 4) is 0 Å². The Kier molecular flexibility index (Phi) is 9.51. The Balaban J connectivity index is 4.35. The highest BCUT2D eigenvalue weighted by Crippen LogP contribution is 2.22. The molecule has 0 spiro atoms. The molecule has 0 radical (unpaired) electrons. The van der Waals surface area contributed by atoms with E-state index in [9.17, 15) is 0 Å². The van der Waals surface area contributed by atoms with Gasteiger partial charge in [-0.25, -0.2) is 0 Å². The van der Waals surface area contributed by atoms with Crippen LogP contribution in [0.2, 0.25) is 0 Å². The number of allylic oxidation sites excluding steroid dienone is 5. The van der Waals surface area contributed by atoms with Crippen LogP contribution in [0.3, 0.4) is 0 Å². The molecule has 0 aliphatic carbocycles. The topological polar surface area (TPSA) is 0 Å². The fourth-order valence-electron chi connectivity index (χ4n) is 1.90. The van der Waals surface area contributed by atoms with Crippen LogP contribution in [0.1, 0.15) is 47.0 Å². The lowest BCUT2D eigenvalue weighted by Crippen LogP contribution is -2.00. The Morgan fingerprint density at radius 3 is 2.50 bits per heavy atom. The van der Waals surface area contributed by atoms with Gasteiger partial charge in [0.1, 0.15) is 0 Å². The van der Waals surface area contributed by atoms with Crippen LogP contribution in [0.25, 0.3) is 0 Å². The van der Waals surface area contributed by atoms with Gasteiger partial charge in [-0.3, -0.25) is 0 Å². The summed E-state index contributed by atoms with van der Waals surface area (Å²) in [7, 11) is 0. The first kappa shape index (κ1) is 15.6. The van der Waals surface area contributed by atoms with Crippen LogP contribution < -0.4 is 0 Å². The van der Waals surface area contributed by atoms with E-state index in [0.29, 0.717) is 5.92 Å². The summed E-state index contributed by atoms with van der Waals surface area (Å²) in [6, 6.07) is 0. The first-order valence-corrected chi connectivity index (χ1v) is 6.85. The highest BCUT2D eigenvalue weighted by atomic mass is 32.1. The van der Waals surface area contributed by atoms with Crippen LogP contribution in [0.15, 0.2) is 35.5 Å². The lowest BCUT2D eigenvalue weighted by molar-refractivity contribution is 0.645. The van der Waals surface area contributed by atoms with E-state index in [2.05, 4.69) is 64.6 Å². The van der Waals surface area contributed by atoms with Crippen molar-refractivity contribution in [1.29, 1.82) is 0 Å². The molecule has 0 N–H and O–H groups in total. The van der Waals surface area contributed by atoms with Gasteiger partial charge in [-0.15, -0.1) is 0 Å². The quantitative estimate of drug-likeness (QED) is 0.458. The Morgan fingerprint density at radius 1 is 1.31 bits per heavy atom. The summed E-state index contributed by atoms with van der Waals surface area (Å²) in [5.74, 6) is 1.51. The maximum absolute atomic E-state index is 4.23. The number of hydrogen-bond donors (Lipinski definition) is 1. The van der Waals surface area contributed by atoms with Crippen molar-refractivity contribution < 1.29 is 0 Å². The summed E-state index contributed by atoms with van der Waals surface area (Å²) in [6.45, 7) is 8.84. The highest BCUT2D eigenvalue weighted by Gasteiger charge is 2.06. The summed E-state index contributed by atoms with van der Waals surface area (Å²) < 4.78 is 0. The van der Waals surface area contributed by atoms with Gasteiger partial charge in [0.25, 0.3) is 0 Å². The molecule has 0 amide bonds. The third-order valence-corrected chi connectivity index (χ3v) is 3.04. The van der Waals surface area contributed by atoms with E-state index < -0.39 is 0 Å². The zero-order chi connectivity index (χ0) is 12.4. The normalized spacial score (nSPS) is 15.8. The Hall–Kier alpha value is -0.430. The average molecular weight is 238 g/mol. The van der Waals surface area contributed by atoms with Crippen LogP contribution in [0, 0.1) is 5.92 Å². The number of hydrogen-bond acceptors (Lipinski definition) is 1. The van der Waals surface area contributed by atoms with Crippen LogP contribution in [0.5, 0.6) is 0 Å². The largest absolute Gasteiger partial charge is 0.175 e. The van der Waals surface area contributed by atoms with Gasteiger partial charge in [-0.05, 0) is 39.0 Å². The molecule has 1 heteroatoms. The molecule has 0 rings (SSSR count). The molecule has 0 aromatic rings. The van der Waals surface area contributed by atoms with Gasteiger partial charge in [-0.1, -0.05) is 49.3 Å². The molecular formula is C15H26S. The van der Waals surface area contributed by atoms with E-state index in [1.54, 1.807) is 5.57 Å². The van der Waals surface area contributed by atoms with E-state index in [1.165, 1.54) is 5.57 Å². The predicted molar refractivity (Wildman–Crippen MR) is 79.2 cm³/mol. The highest BCUT2D eigenvalue weighted by molar-refractivity contribution is 7.80. The maximum atomic E-state index is 4.23. The maximum Gasteiger partial charge on any atom is 0.00850 e. The van der Waals surface area contributed by atoms with Crippen LogP contribution in [-0.4, -0.2) is 5.75 Å². The van der Waals surface area contributed by atoms with Crippen molar-refractivity contribution in [3.63, 3.8) is 0 Å². The van der Waals surface area contributed by atoms with Crippen LogP contribution in [0.4, 0.5) is 0 Å². The minimum atomic E-state index is 0.659. The first-order valence-electron chi connectivity index (χ1n) is 6.22. The molecule has 0 saturated heterocycles. The van der Waals surface area contributed by atoms with E-state index in [1.807, 2.05) is 0 Å². The standard InChI is InChI=1S/C15H26S/c1-5-7-8-9-15(6-2)14(4)12-13(3)10-11-16/h5,7,9-10,14,16H,6,8,11-12H2,1-4H3/b7-5-,13-10-,15-9+. The second-order valence-corrected chi connectivity index (χ2v) is 4.64. The Bertz CT molecular complexity index is 259. The summed E-state index contributed by atoms with van der Waals surface area (Å²) in [4.78, 5) is 0. The molecule has 0 saturated carbocycles. The molecule has 16 heavy (non-hydrogen) atoms. The van der Waals surface area contributed by atoms with Crippen molar-refractivity contribution in [3.05, 3.63) is 35.5 Å². The van der Waals surface area contributed by atoms with E-state index >= 15 is 0 Å². The zero-order valence-electron chi connectivity index (χ0n) is 11.2. The molecule has 0 nitrogen and oxygen atoms in total. The molecule has 0 fully saturated rings. The van der Waals surface area contributed by atoms with Crippen molar-refractivity contribution >= 4 is 12.6 Å². The summed E-state index contributed by atoms with van der Waals surface area (Å²) in [6.07, 6.45) is 12.3. The lowest BCUT2D eigenvalue weighted by Gasteiger charge is -2.15. The molecule has 0 heterocycles.